The number of benzene rings is 1. The lowest BCUT2D eigenvalue weighted by Gasteiger charge is -2.28. The Morgan fingerprint density at radius 3 is 2.72 bits per heavy atom. The Labute approximate surface area is 186 Å². The first-order chi connectivity index (χ1) is 15.7. The summed E-state index contributed by atoms with van der Waals surface area (Å²) < 4.78 is 9.06. The Morgan fingerprint density at radius 1 is 1.06 bits per heavy atom. The molecule has 1 fully saturated rings. The van der Waals surface area contributed by atoms with Crippen LogP contribution in [0.1, 0.15) is 11.3 Å². The zero-order chi connectivity index (χ0) is 21.9. The number of ether oxygens (including phenoxy) is 1. The van der Waals surface area contributed by atoms with Crippen LogP contribution in [-0.2, 0) is 11.2 Å². The highest BCUT2D eigenvalue weighted by Crippen LogP contribution is 2.22. The first-order valence-corrected chi connectivity index (χ1v) is 10.7. The highest BCUT2D eigenvalue weighted by Gasteiger charge is 2.17. The van der Waals surface area contributed by atoms with Crippen LogP contribution in [0, 0.1) is 6.92 Å². The second-order valence-corrected chi connectivity index (χ2v) is 7.74. The van der Waals surface area contributed by atoms with Gasteiger partial charge in [0.25, 0.3) is 0 Å². The molecule has 1 aliphatic rings. The highest BCUT2D eigenvalue weighted by molar-refractivity contribution is 5.60. The van der Waals surface area contributed by atoms with Gasteiger partial charge in [-0.3, -0.25) is 4.57 Å². The summed E-state index contributed by atoms with van der Waals surface area (Å²) in [5, 5.41) is 14.0. The summed E-state index contributed by atoms with van der Waals surface area (Å²) in [4.78, 5) is 16.1. The Balaban J connectivity index is 1.55. The van der Waals surface area contributed by atoms with Gasteiger partial charge in [0.2, 0.25) is 5.95 Å². The van der Waals surface area contributed by atoms with Crippen LogP contribution in [0.4, 0.5) is 5.82 Å². The Morgan fingerprint density at radius 2 is 1.91 bits per heavy atom. The number of aryl methyl sites for hydroxylation is 1. The topological polar surface area (TPSA) is 94.1 Å². The zero-order valence-corrected chi connectivity index (χ0v) is 17.9. The third-order valence-corrected chi connectivity index (χ3v) is 5.39. The van der Waals surface area contributed by atoms with E-state index < -0.39 is 0 Å². The van der Waals surface area contributed by atoms with Crippen LogP contribution in [0.15, 0.2) is 55.1 Å². The van der Waals surface area contributed by atoms with Crippen molar-refractivity contribution in [1.82, 2.24) is 29.3 Å². The zero-order valence-electron chi connectivity index (χ0n) is 17.9. The lowest BCUT2D eigenvalue weighted by Crippen LogP contribution is -2.37. The SMILES string of the molecule is Cc1cccc(-c2ccn(-c3cc(N4CCOCC4)nc(-n4cnc(CCO)c4)n3)n2)c1. The van der Waals surface area contributed by atoms with Gasteiger partial charge >= 0.3 is 0 Å². The third-order valence-electron chi connectivity index (χ3n) is 5.39. The number of anilines is 1. The van der Waals surface area contributed by atoms with Crippen molar-refractivity contribution in [3.05, 3.63) is 66.4 Å². The van der Waals surface area contributed by atoms with E-state index >= 15 is 0 Å². The number of aromatic nitrogens is 6. The molecule has 3 aromatic heterocycles. The number of aliphatic hydroxyl groups is 1. The van der Waals surface area contributed by atoms with Gasteiger partial charge in [0, 0.05) is 50.1 Å². The molecule has 1 saturated heterocycles. The molecule has 32 heavy (non-hydrogen) atoms. The molecule has 9 heteroatoms. The maximum Gasteiger partial charge on any atom is 0.238 e. The van der Waals surface area contributed by atoms with E-state index in [0.29, 0.717) is 31.4 Å². The van der Waals surface area contributed by atoms with E-state index in [1.54, 1.807) is 15.6 Å². The van der Waals surface area contributed by atoms with Crippen LogP contribution in [-0.4, -0.2) is 67.3 Å². The first kappa shape index (κ1) is 20.3. The summed E-state index contributed by atoms with van der Waals surface area (Å²) in [6, 6.07) is 12.2. The van der Waals surface area contributed by atoms with Gasteiger partial charge in [-0.2, -0.15) is 15.1 Å². The average molecular weight is 432 g/mol. The highest BCUT2D eigenvalue weighted by atomic mass is 16.5. The second-order valence-electron chi connectivity index (χ2n) is 7.74. The normalized spacial score (nSPS) is 14.1. The fourth-order valence-electron chi connectivity index (χ4n) is 3.72. The smallest absolute Gasteiger partial charge is 0.238 e. The molecule has 4 heterocycles. The quantitative estimate of drug-likeness (QED) is 0.500. The molecule has 0 bridgehead atoms. The van der Waals surface area contributed by atoms with Gasteiger partial charge in [0.05, 0.1) is 24.6 Å². The Hall–Kier alpha value is -3.56. The number of aliphatic hydroxyl groups excluding tert-OH is 1. The van der Waals surface area contributed by atoms with E-state index in [2.05, 4.69) is 35.0 Å². The van der Waals surface area contributed by atoms with Gasteiger partial charge in [-0.15, -0.1) is 0 Å². The molecule has 0 radical (unpaired) electrons. The minimum Gasteiger partial charge on any atom is -0.396 e. The Bertz CT molecular complexity index is 1210. The molecule has 0 unspecified atom stereocenters. The predicted molar refractivity (Wildman–Crippen MR) is 120 cm³/mol. The van der Waals surface area contributed by atoms with E-state index in [9.17, 15) is 5.11 Å². The first-order valence-electron chi connectivity index (χ1n) is 10.7. The standard InChI is InChI=1S/C23H25N7O2/c1-17-3-2-4-18(13-17)20-5-7-30(27-20)22-14-21(28-8-11-32-12-9-28)25-23(26-22)29-15-19(6-10-31)24-16-29/h2-5,7,13-16,31H,6,8-12H2,1H3. The van der Waals surface area contributed by atoms with Gasteiger partial charge in [0.1, 0.15) is 12.1 Å². The molecule has 9 nitrogen and oxygen atoms in total. The van der Waals surface area contributed by atoms with Crippen LogP contribution < -0.4 is 4.90 Å². The van der Waals surface area contributed by atoms with Crippen molar-refractivity contribution in [2.75, 3.05) is 37.8 Å². The third kappa shape index (κ3) is 4.25. The summed E-state index contributed by atoms with van der Waals surface area (Å²) in [7, 11) is 0. The lowest BCUT2D eigenvalue weighted by molar-refractivity contribution is 0.122. The van der Waals surface area contributed by atoms with E-state index in [-0.39, 0.29) is 6.61 Å². The van der Waals surface area contributed by atoms with Crippen molar-refractivity contribution in [3.63, 3.8) is 0 Å². The average Bonchev–Trinajstić information content (AvgIpc) is 3.50. The number of nitrogens with zero attached hydrogens (tertiary/aromatic N) is 7. The van der Waals surface area contributed by atoms with Crippen LogP contribution in [0.5, 0.6) is 0 Å². The van der Waals surface area contributed by atoms with Crippen LogP contribution in [0.2, 0.25) is 0 Å². The summed E-state index contributed by atoms with van der Waals surface area (Å²) >= 11 is 0. The van der Waals surface area contributed by atoms with Crippen molar-refractivity contribution in [1.29, 1.82) is 0 Å². The van der Waals surface area contributed by atoms with Crippen molar-refractivity contribution in [2.45, 2.75) is 13.3 Å². The molecule has 4 aromatic rings. The van der Waals surface area contributed by atoms with Gasteiger partial charge in [-0.05, 0) is 19.1 Å². The van der Waals surface area contributed by atoms with Gasteiger partial charge < -0.3 is 14.7 Å². The molecular weight excluding hydrogens is 406 g/mol. The minimum absolute atomic E-state index is 0.0476. The number of morpholine rings is 1. The molecule has 0 aliphatic carbocycles. The fraction of sp³-hybridized carbons (Fsp3) is 0.304. The van der Waals surface area contributed by atoms with Crippen molar-refractivity contribution in [2.24, 2.45) is 0 Å². The molecule has 164 valence electrons. The fourth-order valence-corrected chi connectivity index (χ4v) is 3.72. The maximum absolute atomic E-state index is 9.21. The summed E-state index contributed by atoms with van der Waals surface area (Å²) in [6.07, 6.45) is 5.92. The van der Waals surface area contributed by atoms with Crippen LogP contribution in [0.3, 0.4) is 0 Å². The van der Waals surface area contributed by atoms with E-state index in [0.717, 1.165) is 35.9 Å². The second kappa shape index (κ2) is 8.89. The summed E-state index contributed by atoms with van der Waals surface area (Å²) in [5.41, 5.74) is 3.93. The predicted octanol–water partition coefficient (Wildman–Crippen LogP) is 2.19. The molecule has 0 amide bonds. The minimum atomic E-state index is 0.0476. The molecule has 0 saturated carbocycles. The number of hydrogen-bond donors (Lipinski definition) is 1. The molecule has 5 rings (SSSR count). The van der Waals surface area contributed by atoms with Crippen molar-refractivity contribution < 1.29 is 9.84 Å². The monoisotopic (exact) mass is 431 g/mol. The van der Waals surface area contributed by atoms with Gasteiger partial charge in [-0.1, -0.05) is 23.8 Å². The number of hydrogen-bond acceptors (Lipinski definition) is 7. The molecule has 1 aliphatic heterocycles. The Kier molecular flexibility index (Phi) is 5.66. The van der Waals surface area contributed by atoms with E-state index in [1.807, 2.05) is 30.6 Å². The molecule has 1 aromatic carbocycles. The van der Waals surface area contributed by atoms with Gasteiger partial charge in [0.15, 0.2) is 5.82 Å². The summed E-state index contributed by atoms with van der Waals surface area (Å²) in [6.45, 7) is 4.99. The maximum atomic E-state index is 9.21. The van der Waals surface area contributed by atoms with Crippen molar-refractivity contribution in [3.8, 4) is 23.0 Å². The van der Waals surface area contributed by atoms with Crippen LogP contribution >= 0.6 is 0 Å². The molecule has 1 N–H and O–H groups in total. The molecular formula is C23H25N7O2. The molecule has 0 spiro atoms. The summed E-state index contributed by atoms with van der Waals surface area (Å²) in [5.74, 6) is 2.00. The van der Waals surface area contributed by atoms with Gasteiger partial charge in [-0.25, -0.2) is 9.67 Å². The number of imidazole rings is 1. The molecule has 0 atom stereocenters. The number of rotatable bonds is 6. The van der Waals surface area contributed by atoms with E-state index in [1.165, 1.54) is 5.56 Å². The van der Waals surface area contributed by atoms with Crippen LogP contribution in [0.25, 0.3) is 23.0 Å². The largest absolute Gasteiger partial charge is 0.396 e. The van der Waals surface area contributed by atoms with E-state index in [4.69, 9.17) is 19.8 Å². The lowest BCUT2D eigenvalue weighted by atomic mass is 10.1. The van der Waals surface area contributed by atoms with Crippen molar-refractivity contribution >= 4 is 5.82 Å².